The van der Waals surface area contributed by atoms with Crippen LogP contribution in [0, 0.1) is 11.8 Å². The SMILES string of the molecule is COc1ccccc1OCC(=O)N[C@@H]1C[C@H]2CC[C@@H]1C2. The van der Waals surface area contributed by atoms with Gasteiger partial charge in [0.15, 0.2) is 18.1 Å². The highest BCUT2D eigenvalue weighted by Crippen LogP contribution is 2.44. The van der Waals surface area contributed by atoms with E-state index in [9.17, 15) is 4.79 Å². The molecule has 0 spiro atoms. The molecule has 4 heteroatoms. The van der Waals surface area contributed by atoms with Gasteiger partial charge in [-0.2, -0.15) is 0 Å². The quantitative estimate of drug-likeness (QED) is 0.897. The van der Waals surface area contributed by atoms with Crippen molar-refractivity contribution in [3.63, 3.8) is 0 Å². The average Bonchev–Trinajstić information content (AvgIpc) is 3.08. The number of rotatable bonds is 5. The second-order valence-corrected chi connectivity index (χ2v) is 5.79. The summed E-state index contributed by atoms with van der Waals surface area (Å²) in [5.74, 6) is 2.75. The molecule has 1 amide bonds. The lowest BCUT2D eigenvalue weighted by atomic mass is 9.95. The zero-order valence-corrected chi connectivity index (χ0v) is 11.8. The Balaban J connectivity index is 1.50. The van der Waals surface area contributed by atoms with Crippen LogP contribution in [0.5, 0.6) is 11.5 Å². The largest absolute Gasteiger partial charge is 0.493 e. The molecule has 4 nitrogen and oxygen atoms in total. The molecule has 0 unspecified atom stereocenters. The monoisotopic (exact) mass is 275 g/mol. The maximum absolute atomic E-state index is 12.0. The van der Waals surface area contributed by atoms with E-state index in [4.69, 9.17) is 9.47 Å². The lowest BCUT2D eigenvalue weighted by Crippen LogP contribution is -2.40. The molecule has 0 radical (unpaired) electrons. The van der Waals surface area contributed by atoms with Crippen molar-refractivity contribution in [3.8, 4) is 11.5 Å². The Labute approximate surface area is 119 Å². The van der Waals surface area contributed by atoms with Gasteiger partial charge in [0.2, 0.25) is 0 Å². The molecule has 1 N–H and O–H groups in total. The fourth-order valence-electron chi connectivity index (χ4n) is 3.55. The Hall–Kier alpha value is -1.71. The molecule has 2 aliphatic carbocycles. The summed E-state index contributed by atoms with van der Waals surface area (Å²) in [5.41, 5.74) is 0. The average molecular weight is 275 g/mol. The van der Waals surface area contributed by atoms with Crippen molar-refractivity contribution >= 4 is 5.91 Å². The van der Waals surface area contributed by atoms with Gasteiger partial charge >= 0.3 is 0 Å². The number of fused-ring (bicyclic) bond motifs is 2. The predicted octanol–water partition coefficient (Wildman–Crippen LogP) is 2.38. The van der Waals surface area contributed by atoms with Crippen LogP contribution in [-0.2, 0) is 4.79 Å². The Bertz CT molecular complexity index is 488. The molecule has 0 saturated heterocycles. The number of ether oxygens (including phenoxy) is 2. The van der Waals surface area contributed by atoms with Crippen LogP contribution < -0.4 is 14.8 Å². The van der Waals surface area contributed by atoms with E-state index in [1.807, 2.05) is 24.3 Å². The van der Waals surface area contributed by atoms with Crippen LogP contribution in [0.4, 0.5) is 0 Å². The van der Waals surface area contributed by atoms with Gasteiger partial charge in [-0.05, 0) is 43.2 Å². The molecule has 20 heavy (non-hydrogen) atoms. The smallest absolute Gasteiger partial charge is 0.258 e. The number of carbonyl (C=O) groups excluding carboxylic acids is 1. The first kappa shape index (κ1) is 13.3. The first-order chi connectivity index (χ1) is 9.76. The van der Waals surface area contributed by atoms with E-state index in [2.05, 4.69) is 5.32 Å². The molecule has 0 heterocycles. The molecule has 1 aromatic rings. The second kappa shape index (κ2) is 5.73. The van der Waals surface area contributed by atoms with Crippen molar-refractivity contribution in [2.45, 2.75) is 31.7 Å². The van der Waals surface area contributed by atoms with Gasteiger partial charge in [0.25, 0.3) is 5.91 Å². The number of carbonyl (C=O) groups is 1. The molecule has 0 aliphatic heterocycles. The van der Waals surface area contributed by atoms with Crippen molar-refractivity contribution in [1.82, 2.24) is 5.32 Å². The Morgan fingerprint density at radius 3 is 2.70 bits per heavy atom. The van der Waals surface area contributed by atoms with Gasteiger partial charge in [-0.3, -0.25) is 4.79 Å². The van der Waals surface area contributed by atoms with Gasteiger partial charge in [-0.1, -0.05) is 18.6 Å². The third-order valence-electron chi connectivity index (χ3n) is 4.51. The van der Waals surface area contributed by atoms with Gasteiger partial charge in [0.05, 0.1) is 7.11 Å². The van der Waals surface area contributed by atoms with Crippen LogP contribution in [0.2, 0.25) is 0 Å². The minimum absolute atomic E-state index is 0.0338. The van der Waals surface area contributed by atoms with Gasteiger partial charge in [-0.25, -0.2) is 0 Å². The third-order valence-corrected chi connectivity index (χ3v) is 4.51. The van der Waals surface area contributed by atoms with E-state index in [0.717, 1.165) is 12.3 Å². The highest BCUT2D eigenvalue weighted by atomic mass is 16.5. The third kappa shape index (κ3) is 2.74. The zero-order chi connectivity index (χ0) is 13.9. The maximum atomic E-state index is 12.0. The molecule has 2 aliphatic rings. The Kier molecular flexibility index (Phi) is 3.81. The van der Waals surface area contributed by atoms with Gasteiger partial charge in [-0.15, -0.1) is 0 Å². The minimum Gasteiger partial charge on any atom is -0.493 e. The van der Waals surface area contributed by atoms with E-state index in [0.29, 0.717) is 23.5 Å². The van der Waals surface area contributed by atoms with E-state index in [1.54, 1.807) is 7.11 Å². The zero-order valence-electron chi connectivity index (χ0n) is 11.8. The highest BCUT2D eigenvalue weighted by Gasteiger charge is 2.40. The van der Waals surface area contributed by atoms with Gasteiger partial charge in [0.1, 0.15) is 0 Å². The standard InChI is InChI=1S/C16H21NO3/c1-19-14-4-2-3-5-15(14)20-10-16(18)17-13-9-11-6-7-12(13)8-11/h2-5,11-13H,6-10H2,1H3,(H,17,18)/t11-,12+,13+/m0/s1. The van der Waals surface area contributed by atoms with Crippen molar-refractivity contribution in [2.24, 2.45) is 11.8 Å². The number of hydrogen-bond acceptors (Lipinski definition) is 3. The summed E-state index contributed by atoms with van der Waals surface area (Å²) in [4.78, 5) is 12.0. The number of hydrogen-bond donors (Lipinski definition) is 1. The van der Waals surface area contributed by atoms with Gasteiger partial charge < -0.3 is 14.8 Å². The van der Waals surface area contributed by atoms with E-state index < -0.39 is 0 Å². The Morgan fingerprint density at radius 1 is 1.25 bits per heavy atom. The fourth-order valence-corrected chi connectivity index (χ4v) is 3.55. The van der Waals surface area contributed by atoms with Crippen LogP contribution in [0.15, 0.2) is 24.3 Å². The highest BCUT2D eigenvalue weighted by molar-refractivity contribution is 5.78. The van der Waals surface area contributed by atoms with Crippen LogP contribution in [0.25, 0.3) is 0 Å². The maximum Gasteiger partial charge on any atom is 0.258 e. The number of methoxy groups -OCH3 is 1. The van der Waals surface area contributed by atoms with Crippen molar-refractivity contribution in [2.75, 3.05) is 13.7 Å². The topological polar surface area (TPSA) is 47.6 Å². The fraction of sp³-hybridized carbons (Fsp3) is 0.562. The van der Waals surface area contributed by atoms with E-state index >= 15 is 0 Å². The summed E-state index contributed by atoms with van der Waals surface area (Å²) in [6.07, 6.45) is 5.04. The molecule has 0 aromatic heterocycles. The number of para-hydroxylation sites is 2. The summed E-state index contributed by atoms with van der Waals surface area (Å²) >= 11 is 0. The summed E-state index contributed by atoms with van der Waals surface area (Å²) in [5, 5.41) is 3.11. The van der Waals surface area contributed by atoms with Crippen LogP contribution in [-0.4, -0.2) is 25.7 Å². The first-order valence-corrected chi connectivity index (χ1v) is 7.31. The first-order valence-electron chi connectivity index (χ1n) is 7.31. The molecule has 3 rings (SSSR count). The predicted molar refractivity (Wildman–Crippen MR) is 75.9 cm³/mol. The summed E-state index contributed by atoms with van der Waals surface area (Å²) in [6.45, 7) is 0.0499. The molecule has 2 bridgehead atoms. The molecule has 1 aromatic carbocycles. The lowest BCUT2D eigenvalue weighted by Gasteiger charge is -2.22. The molecule has 2 fully saturated rings. The minimum atomic E-state index is -0.0338. The van der Waals surface area contributed by atoms with Crippen molar-refractivity contribution < 1.29 is 14.3 Å². The summed E-state index contributed by atoms with van der Waals surface area (Å²) < 4.78 is 10.7. The number of nitrogens with one attached hydrogen (secondary N) is 1. The molecule has 3 atom stereocenters. The van der Waals surface area contributed by atoms with Crippen LogP contribution >= 0.6 is 0 Å². The number of benzene rings is 1. The molecule has 108 valence electrons. The summed E-state index contributed by atoms with van der Waals surface area (Å²) in [6, 6.07) is 7.74. The van der Waals surface area contributed by atoms with Crippen molar-refractivity contribution in [1.29, 1.82) is 0 Å². The van der Waals surface area contributed by atoms with Crippen LogP contribution in [0.3, 0.4) is 0 Å². The Morgan fingerprint density at radius 2 is 2.05 bits per heavy atom. The normalized spacial score (nSPS) is 27.4. The van der Waals surface area contributed by atoms with E-state index in [-0.39, 0.29) is 12.5 Å². The van der Waals surface area contributed by atoms with E-state index in [1.165, 1.54) is 19.3 Å². The van der Waals surface area contributed by atoms with Crippen LogP contribution in [0.1, 0.15) is 25.7 Å². The second-order valence-electron chi connectivity index (χ2n) is 5.79. The molecular formula is C16H21NO3. The molecule has 2 saturated carbocycles. The summed E-state index contributed by atoms with van der Waals surface area (Å²) in [7, 11) is 1.59. The van der Waals surface area contributed by atoms with Crippen molar-refractivity contribution in [3.05, 3.63) is 24.3 Å². The number of amides is 1. The lowest BCUT2D eigenvalue weighted by molar-refractivity contribution is -0.124. The van der Waals surface area contributed by atoms with Gasteiger partial charge in [0, 0.05) is 6.04 Å². The molecular weight excluding hydrogens is 254 g/mol.